The molecule has 38 heavy (non-hydrogen) atoms. The van der Waals surface area contributed by atoms with E-state index in [1.807, 2.05) is 47.4 Å². The molecule has 0 fully saturated rings. The number of unbranched alkanes of at least 4 members (excludes halogenated alkanes) is 1. The number of amides is 1. The normalized spacial score (nSPS) is 13.3. The van der Waals surface area contributed by atoms with E-state index in [0.29, 0.717) is 37.1 Å². The maximum atomic E-state index is 13.0. The Morgan fingerprint density at radius 1 is 1.08 bits per heavy atom. The van der Waals surface area contributed by atoms with Gasteiger partial charge in [-0.05, 0) is 55.2 Å². The first kappa shape index (κ1) is 25.9. The highest BCUT2D eigenvalue weighted by Gasteiger charge is 2.25. The zero-order chi connectivity index (χ0) is 26.6. The third-order valence-corrected chi connectivity index (χ3v) is 7.33. The van der Waals surface area contributed by atoms with E-state index in [9.17, 15) is 9.59 Å². The van der Waals surface area contributed by atoms with Gasteiger partial charge >= 0.3 is 6.09 Å². The summed E-state index contributed by atoms with van der Waals surface area (Å²) in [5, 5.41) is 1.76. The second-order valence-corrected chi connectivity index (χ2v) is 10.1. The highest BCUT2D eigenvalue weighted by Crippen LogP contribution is 2.31. The van der Waals surface area contributed by atoms with E-state index < -0.39 is 0 Å². The van der Waals surface area contributed by atoms with Crippen LogP contribution in [-0.4, -0.2) is 33.3 Å². The van der Waals surface area contributed by atoms with Gasteiger partial charge < -0.3 is 18.9 Å². The van der Waals surface area contributed by atoms with E-state index in [1.165, 1.54) is 11.8 Å². The Bertz CT molecular complexity index is 1510. The first-order valence-electron chi connectivity index (χ1n) is 13.1. The Morgan fingerprint density at radius 2 is 1.89 bits per heavy atom. The van der Waals surface area contributed by atoms with Gasteiger partial charge in [-0.25, -0.2) is 4.79 Å². The van der Waals surface area contributed by atoms with Crippen LogP contribution in [0.25, 0.3) is 16.6 Å². The third kappa shape index (κ3) is 5.43. The lowest BCUT2D eigenvalue weighted by atomic mass is 10.1. The number of rotatable bonds is 7. The molecule has 0 unspecified atom stereocenters. The monoisotopic (exact) mass is 533 g/mol. The lowest BCUT2D eigenvalue weighted by molar-refractivity contribution is 0.0992. The van der Waals surface area contributed by atoms with Crippen LogP contribution in [0.5, 0.6) is 5.75 Å². The van der Waals surface area contributed by atoms with Gasteiger partial charge in [0.05, 0.1) is 24.4 Å². The van der Waals surface area contributed by atoms with Crippen LogP contribution in [0.4, 0.5) is 4.79 Å². The maximum Gasteiger partial charge on any atom is 0.410 e. The van der Waals surface area contributed by atoms with Crippen LogP contribution in [0, 0.1) is 0 Å². The number of hydrogen-bond donors (Lipinski definition) is 0. The van der Waals surface area contributed by atoms with Crippen molar-refractivity contribution in [2.24, 2.45) is 7.05 Å². The molecule has 2 aromatic heterocycles. The number of fused-ring (bicyclic) bond motifs is 3. The number of hydrogen-bond acceptors (Lipinski definition) is 4. The molecule has 1 aliphatic rings. The highest BCUT2D eigenvalue weighted by atomic mass is 35.5. The maximum absolute atomic E-state index is 13.0. The summed E-state index contributed by atoms with van der Waals surface area (Å²) in [5.74, 6) is 0.513. The van der Waals surface area contributed by atoms with Gasteiger partial charge in [0.1, 0.15) is 12.4 Å². The number of ether oxygens (including phenoxy) is 2. The minimum Gasteiger partial charge on any atom is -0.489 e. The average Bonchev–Trinajstić information content (AvgIpc) is 3.05. The van der Waals surface area contributed by atoms with Crippen LogP contribution in [-0.2, 0) is 31.4 Å². The summed E-state index contributed by atoms with van der Waals surface area (Å²) >= 11 is 5.94. The summed E-state index contributed by atoms with van der Waals surface area (Å²) in [5.41, 5.74) is 4.98. The summed E-state index contributed by atoms with van der Waals surface area (Å²) in [6.45, 7) is 4.09. The van der Waals surface area contributed by atoms with Gasteiger partial charge in [0.25, 0.3) is 5.56 Å². The van der Waals surface area contributed by atoms with Crippen molar-refractivity contribution in [1.29, 1.82) is 0 Å². The molecule has 1 amide bonds. The van der Waals surface area contributed by atoms with Crippen molar-refractivity contribution in [2.45, 2.75) is 45.8 Å². The topological polar surface area (TPSA) is 65.7 Å². The van der Waals surface area contributed by atoms with Crippen molar-refractivity contribution in [3.05, 3.63) is 93.0 Å². The molecular formula is C30H32ClN3O4. The smallest absolute Gasteiger partial charge is 0.410 e. The van der Waals surface area contributed by atoms with Crippen molar-refractivity contribution < 1.29 is 14.3 Å². The molecule has 0 spiro atoms. The van der Waals surface area contributed by atoms with E-state index in [4.69, 9.17) is 21.1 Å². The standard InChI is InChI=1S/C30H32ClN3O4/c1-3-4-16-37-30(36)33-14-5-6-27-26(19-33)25-12-11-23(17-28(25)32(27)2)34-15-13-24(18-29(34)35)38-20-21-7-9-22(31)10-8-21/h7-13,15,17-18H,3-6,14,16,19-20H2,1-2H3. The molecule has 1 aliphatic heterocycles. The Kier molecular flexibility index (Phi) is 7.74. The van der Waals surface area contributed by atoms with Crippen LogP contribution >= 0.6 is 11.6 Å². The van der Waals surface area contributed by atoms with Crippen LogP contribution in [0.15, 0.2) is 65.6 Å². The van der Waals surface area contributed by atoms with Gasteiger partial charge in [0.15, 0.2) is 0 Å². The first-order valence-corrected chi connectivity index (χ1v) is 13.4. The van der Waals surface area contributed by atoms with Crippen LogP contribution < -0.4 is 10.3 Å². The van der Waals surface area contributed by atoms with E-state index in [-0.39, 0.29) is 11.7 Å². The largest absolute Gasteiger partial charge is 0.489 e. The minimum atomic E-state index is -0.246. The molecule has 0 radical (unpaired) electrons. The average molecular weight is 534 g/mol. The molecule has 0 atom stereocenters. The summed E-state index contributed by atoms with van der Waals surface area (Å²) in [7, 11) is 2.05. The fourth-order valence-corrected chi connectivity index (χ4v) is 5.10. The molecule has 0 saturated heterocycles. The molecule has 0 bridgehead atoms. The van der Waals surface area contributed by atoms with Crippen molar-refractivity contribution in [1.82, 2.24) is 14.0 Å². The second kappa shape index (κ2) is 11.4. The van der Waals surface area contributed by atoms with E-state index in [1.54, 1.807) is 16.8 Å². The molecule has 8 heteroatoms. The fraction of sp³-hybridized carbons (Fsp3) is 0.333. The molecule has 2 aromatic carbocycles. The number of aromatic nitrogens is 2. The minimum absolute atomic E-state index is 0.172. The molecule has 7 nitrogen and oxygen atoms in total. The second-order valence-electron chi connectivity index (χ2n) is 9.66. The number of carbonyl (C=O) groups is 1. The molecule has 198 valence electrons. The van der Waals surface area contributed by atoms with Gasteiger partial charge in [0, 0.05) is 47.5 Å². The van der Waals surface area contributed by atoms with Gasteiger partial charge in [-0.3, -0.25) is 9.36 Å². The molecule has 0 aliphatic carbocycles. The van der Waals surface area contributed by atoms with E-state index >= 15 is 0 Å². The fourth-order valence-electron chi connectivity index (χ4n) is 4.97. The lowest BCUT2D eigenvalue weighted by Gasteiger charge is -2.20. The number of halogens is 1. The van der Waals surface area contributed by atoms with Gasteiger partial charge in [-0.1, -0.05) is 43.1 Å². The molecule has 3 heterocycles. The number of pyridine rings is 1. The number of aryl methyl sites for hydroxylation is 1. The SMILES string of the molecule is CCCCOC(=O)N1CCCc2c(c3ccc(-n4ccc(OCc5ccc(Cl)cc5)cc4=O)cc3n2C)C1. The van der Waals surface area contributed by atoms with Crippen LogP contribution in [0.2, 0.25) is 5.02 Å². The van der Waals surface area contributed by atoms with Gasteiger partial charge in [-0.15, -0.1) is 0 Å². The van der Waals surface area contributed by atoms with Crippen molar-refractivity contribution in [3.63, 3.8) is 0 Å². The Morgan fingerprint density at radius 3 is 2.66 bits per heavy atom. The summed E-state index contributed by atoms with van der Waals surface area (Å²) < 4.78 is 15.1. The lowest BCUT2D eigenvalue weighted by Crippen LogP contribution is -2.31. The first-order chi connectivity index (χ1) is 18.4. The molecular weight excluding hydrogens is 502 g/mol. The van der Waals surface area contributed by atoms with Crippen LogP contribution in [0.3, 0.4) is 0 Å². The van der Waals surface area contributed by atoms with Crippen molar-refractivity contribution in [2.75, 3.05) is 13.2 Å². The summed E-state index contributed by atoms with van der Waals surface area (Å²) in [4.78, 5) is 27.5. The zero-order valence-corrected chi connectivity index (χ0v) is 22.5. The number of benzene rings is 2. The highest BCUT2D eigenvalue weighted by molar-refractivity contribution is 6.30. The van der Waals surface area contributed by atoms with Crippen molar-refractivity contribution in [3.8, 4) is 11.4 Å². The molecule has 0 saturated carbocycles. The predicted molar refractivity (Wildman–Crippen MR) is 149 cm³/mol. The zero-order valence-electron chi connectivity index (χ0n) is 21.8. The molecule has 5 rings (SSSR count). The Hall–Kier alpha value is -3.71. The molecule has 4 aromatic rings. The van der Waals surface area contributed by atoms with Crippen LogP contribution in [0.1, 0.15) is 43.0 Å². The van der Waals surface area contributed by atoms with Crippen molar-refractivity contribution >= 4 is 28.6 Å². The number of carbonyl (C=O) groups excluding carboxylic acids is 1. The number of nitrogens with zero attached hydrogens (tertiary/aromatic N) is 3. The summed E-state index contributed by atoms with van der Waals surface area (Å²) in [6.07, 6.45) is 5.12. The summed E-state index contributed by atoms with van der Waals surface area (Å²) in [6, 6.07) is 16.8. The Labute approximate surface area is 227 Å². The van der Waals surface area contributed by atoms with E-state index in [0.717, 1.165) is 53.4 Å². The van der Waals surface area contributed by atoms with E-state index in [2.05, 4.69) is 18.5 Å². The quantitative estimate of drug-likeness (QED) is 0.263. The molecule has 0 N–H and O–H groups in total. The Balaban J connectivity index is 1.37. The third-order valence-electron chi connectivity index (χ3n) is 7.08. The predicted octanol–water partition coefficient (Wildman–Crippen LogP) is 6.25. The van der Waals surface area contributed by atoms with Gasteiger partial charge in [0.2, 0.25) is 0 Å². The van der Waals surface area contributed by atoms with Gasteiger partial charge in [-0.2, -0.15) is 0 Å².